The number of benzene rings is 2. The van der Waals surface area contributed by atoms with Crippen LogP contribution in [0.3, 0.4) is 0 Å². The first kappa shape index (κ1) is 26.2. The van der Waals surface area contributed by atoms with Crippen LogP contribution in [0.15, 0.2) is 53.9 Å². The molecule has 5 heterocycles. The third-order valence-electron chi connectivity index (χ3n) is 7.97. The molecule has 5 heteroatoms. The van der Waals surface area contributed by atoms with E-state index in [0.29, 0.717) is 0 Å². The predicted molar refractivity (Wildman–Crippen MR) is 184 cm³/mol. The molecule has 0 atom stereocenters. The van der Waals surface area contributed by atoms with Gasteiger partial charge in [0.25, 0.3) is 0 Å². The minimum absolute atomic E-state index is 1.24. The Bertz CT molecular complexity index is 1870. The largest absolute Gasteiger partial charge is 0.144 e. The lowest BCUT2D eigenvalue weighted by molar-refractivity contribution is 0.557. The quantitative estimate of drug-likeness (QED) is 0.122. The second-order valence-electron chi connectivity index (χ2n) is 10.9. The van der Waals surface area contributed by atoms with E-state index in [1.165, 1.54) is 130 Å². The number of fused-ring (bicyclic) bond motifs is 7. The molecule has 7 aromatic rings. The van der Waals surface area contributed by atoms with E-state index < -0.39 is 0 Å². The lowest BCUT2D eigenvalue weighted by Crippen LogP contribution is -1.84. The molecule has 5 aromatic heterocycles. The summed E-state index contributed by atoms with van der Waals surface area (Å²) in [6, 6.07) is 19.1. The van der Waals surface area contributed by atoms with Crippen molar-refractivity contribution in [2.24, 2.45) is 0 Å². The van der Waals surface area contributed by atoms with E-state index in [4.69, 9.17) is 0 Å². The van der Waals surface area contributed by atoms with Gasteiger partial charge >= 0.3 is 0 Å². The highest BCUT2D eigenvalue weighted by Gasteiger charge is 2.16. The molecule has 0 aliphatic heterocycles. The fourth-order valence-electron chi connectivity index (χ4n) is 5.80. The Balaban J connectivity index is 1.03. The second-order valence-corrected chi connectivity index (χ2v) is 16.2. The van der Waals surface area contributed by atoms with E-state index in [-0.39, 0.29) is 0 Å². The van der Waals surface area contributed by atoms with Crippen LogP contribution in [0.4, 0.5) is 0 Å². The SMILES string of the molecule is CCCCCCCCCCCCc1ccc(-c2cc3cc4c(cc3s2)sc2c3cc5ccsc5cc3sc42)s1. The molecule has 0 fully saturated rings. The van der Waals surface area contributed by atoms with Crippen LogP contribution in [0.25, 0.3) is 59.5 Å². The van der Waals surface area contributed by atoms with Crippen molar-refractivity contribution in [3.63, 3.8) is 0 Å². The molecular weight excluding hydrogens is 569 g/mol. The van der Waals surface area contributed by atoms with E-state index in [1.807, 2.05) is 56.7 Å². The maximum Gasteiger partial charge on any atom is 0.0542 e. The van der Waals surface area contributed by atoms with E-state index >= 15 is 0 Å². The zero-order valence-electron chi connectivity index (χ0n) is 22.5. The van der Waals surface area contributed by atoms with Gasteiger partial charge in [0.1, 0.15) is 0 Å². The molecule has 0 radical (unpaired) electrons. The van der Waals surface area contributed by atoms with Crippen LogP contribution in [0.1, 0.15) is 76.0 Å². The van der Waals surface area contributed by atoms with Crippen LogP contribution in [-0.2, 0) is 6.42 Å². The fraction of sp³-hybridized carbons (Fsp3) is 0.353. The lowest BCUT2D eigenvalue weighted by Gasteiger charge is -2.01. The highest BCUT2D eigenvalue weighted by atomic mass is 32.1. The van der Waals surface area contributed by atoms with Gasteiger partial charge in [-0.05, 0) is 77.5 Å². The van der Waals surface area contributed by atoms with Gasteiger partial charge in [-0.15, -0.1) is 56.7 Å². The Morgan fingerprint density at radius 2 is 1.18 bits per heavy atom. The maximum atomic E-state index is 2.46. The molecule has 0 saturated carbocycles. The normalized spacial score (nSPS) is 12.3. The van der Waals surface area contributed by atoms with E-state index in [9.17, 15) is 0 Å². The average molecular weight is 603 g/mol. The molecule has 200 valence electrons. The number of thiophene rings is 5. The fourth-order valence-corrected chi connectivity index (χ4v) is 11.7. The number of rotatable bonds is 12. The lowest BCUT2D eigenvalue weighted by atomic mass is 10.1. The summed E-state index contributed by atoms with van der Waals surface area (Å²) in [5, 5.41) is 7.84. The summed E-state index contributed by atoms with van der Waals surface area (Å²) < 4.78 is 8.60. The van der Waals surface area contributed by atoms with Crippen molar-refractivity contribution in [3.8, 4) is 9.75 Å². The number of unbranched alkanes of at least 4 members (excludes halogenated alkanes) is 9. The monoisotopic (exact) mass is 602 g/mol. The Morgan fingerprint density at radius 3 is 1.92 bits per heavy atom. The molecule has 2 aromatic carbocycles. The van der Waals surface area contributed by atoms with Gasteiger partial charge in [0.15, 0.2) is 0 Å². The molecule has 7 rings (SSSR count). The smallest absolute Gasteiger partial charge is 0.0542 e. The van der Waals surface area contributed by atoms with Gasteiger partial charge in [-0.2, -0.15) is 0 Å². The summed E-state index contributed by atoms with van der Waals surface area (Å²) in [4.78, 5) is 4.42. The molecule has 0 aliphatic rings. The second kappa shape index (κ2) is 11.6. The molecule has 0 N–H and O–H groups in total. The number of hydrogen-bond acceptors (Lipinski definition) is 5. The van der Waals surface area contributed by atoms with Crippen LogP contribution in [-0.4, -0.2) is 0 Å². The standard InChI is InChI=1S/C34H34S5/c1-2-3-4-5-6-7-8-9-10-11-12-24-13-14-27(36-24)32-19-23-18-26-31(21-29(23)37-32)39-33-25-17-22-15-16-35-28(22)20-30(25)38-34(26)33/h13-21H,2-12H2,1H3. The zero-order chi connectivity index (χ0) is 26.2. The summed E-state index contributed by atoms with van der Waals surface area (Å²) in [6.45, 7) is 2.30. The third-order valence-corrected chi connectivity index (χ3v) is 13.8. The molecule has 0 spiro atoms. The topological polar surface area (TPSA) is 0 Å². The Kier molecular flexibility index (Phi) is 7.79. The molecule has 39 heavy (non-hydrogen) atoms. The third kappa shape index (κ3) is 5.34. The summed E-state index contributed by atoms with van der Waals surface area (Å²) in [5.41, 5.74) is 0. The number of aryl methyl sites for hydroxylation is 1. The Labute approximate surface area is 250 Å². The molecule has 0 unspecified atom stereocenters. The molecule has 0 bridgehead atoms. The molecule has 0 nitrogen and oxygen atoms in total. The van der Waals surface area contributed by atoms with Gasteiger partial charge < -0.3 is 0 Å². The highest BCUT2D eigenvalue weighted by molar-refractivity contribution is 7.37. The predicted octanol–water partition coefficient (Wildman–Crippen LogP) is 13.9. The van der Waals surface area contributed by atoms with Crippen molar-refractivity contribution in [2.45, 2.75) is 77.6 Å². The van der Waals surface area contributed by atoms with Crippen molar-refractivity contribution < 1.29 is 0 Å². The maximum absolute atomic E-state index is 2.46. The first-order valence-electron chi connectivity index (χ1n) is 14.6. The summed E-state index contributed by atoms with van der Waals surface area (Å²) in [6.07, 6.45) is 15.3. The summed E-state index contributed by atoms with van der Waals surface area (Å²) >= 11 is 9.77. The van der Waals surface area contributed by atoms with Crippen molar-refractivity contribution in [1.29, 1.82) is 0 Å². The Hall–Kier alpha value is -1.76. The van der Waals surface area contributed by atoms with Crippen LogP contribution < -0.4 is 0 Å². The van der Waals surface area contributed by atoms with Crippen molar-refractivity contribution in [3.05, 3.63) is 58.8 Å². The van der Waals surface area contributed by atoms with Crippen molar-refractivity contribution >= 4 is 106 Å². The van der Waals surface area contributed by atoms with E-state index in [0.717, 1.165) is 0 Å². The van der Waals surface area contributed by atoms with Crippen LogP contribution in [0, 0.1) is 0 Å². The first-order valence-corrected chi connectivity index (χ1v) is 18.7. The first-order chi connectivity index (χ1) is 19.3. The number of hydrogen-bond donors (Lipinski definition) is 0. The minimum atomic E-state index is 1.24. The zero-order valence-corrected chi connectivity index (χ0v) is 26.6. The van der Waals surface area contributed by atoms with Crippen molar-refractivity contribution in [1.82, 2.24) is 0 Å². The molecular formula is C34H34S5. The van der Waals surface area contributed by atoms with Gasteiger partial charge in [-0.25, -0.2) is 0 Å². The van der Waals surface area contributed by atoms with Gasteiger partial charge in [-0.1, -0.05) is 64.7 Å². The van der Waals surface area contributed by atoms with Gasteiger partial charge in [-0.3, -0.25) is 0 Å². The Morgan fingerprint density at radius 1 is 0.513 bits per heavy atom. The molecule has 0 aliphatic carbocycles. The van der Waals surface area contributed by atoms with Crippen LogP contribution in [0.5, 0.6) is 0 Å². The van der Waals surface area contributed by atoms with Gasteiger partial charge in [0, 0.05) is 44.2 Å². The van der Waals surface area contributed by atoms with Gasteiger partial charge in [0.05, 0.1) is 9.40 Å². The highest BCUT2D eigenvalue weighted by Crippen LogP contribution is 2.48. The van der Waals surface area contributed by atoms with Crippen LogP contribution >= 0.6 is 56.7 Å². The molecule has 0 saturated heterocycles. The summed E-state index contributed by atoms with van der Waals surface area (Å²) in [7, 11) is 0. The molecule has 0 amide bonds. The minimum Gasteiger partial charge on any atom is -0.144 e. The summed E-state index contributed by atoms with van der Waals surface area (Å²) in [5.74, 6) is 0. The van der Waals surface area contributed by atoms with Gasteiger partial charge in [0.2, 0.25) is 0 Å². The van der Waals surface area contributed by atoms with E-state index in [2.05, 4.69) is 60.8 Å². The van der Waals surface area contributed by atoms with E-state index in [1.54, 1.807) is 4.88 Å². The average Bonchev–Trinajstić information content (AvgIpc) is 3.75. The van der Waals surface area contributed by atoms with Crippen molar-refractivity contribution in [2.75, 3.05) is 0 Å². The van der Waals surface area contributed by atoms with Crippen LogP contribution in [0.2, 0.25) is 0 Å².